The van der Waals surface area contributed by atoms with Gasteiger partial charge in [-0.3, -0.25) is 4.79 Å². The van der Waals surface area contributed by atoms with E-state index >= 15 is 0 Å². The number of ether oxygens (including phenoxy) is 1. The van der Waals surface area contributed by atoms with Gasteiger partial charge in [0.2, 0.25) is 11.9 Å². The number of amides is 3. The third-order valence-electron chi connectivity index (χ3n) is 6.85. The van der Waals surface area contributed by atoms with Gasteiger partial charge in [0, 0.05) is 42.4 Å². The summed E-state index contributed by atoms with van der Waals surface area (Å²) in [5.74, 6) is 0.795. The molecule has 1 aromatic heterocycles. The molecule has 10 heteroatoms. The van der Waals surface area contributed by atoms with Crippen LogP contribution in [-0.2, 0) is 22.6 Å². The van der Waals surface area contributed by atoms with Crippen molar-refractivity contribution in [1.82, 2.24) is 25.1 Å². The van der Waals surface area contributed by atoms with E-state index in [1.807, 2.05) is 48.2 Å². The molecule has 1 atom stereocenters. The summed E-state index contributed by atoms with van der Waals surface area (Å²) >= 11 is 0. The number of carbonyl (C=O) groups excluding carboxylic acids is 2. The molecule has 0 bridgehead atoms. The number of carbonyl (C=O) groups is 2. The zero-order valence-corrected chi connectivity index (χ0v) is 21.3. The van der Waals surface area contributed by atoms with E-state index in [0.29, 0.717) is 51.3 Å². The summed E-state index contributed by atoms with van der Waals surface area (Å²) in [6.07, 6.45) is 2.56. The number of nitrogens with zero attached hydrogens (tertiary/aromatic N) is 5. The standard InChI is InChI=1S/C26H35N7O3/c1-17-16-36-13-12-33(17)25-29-22-15-32(23(34)10-11-31(2)3)14-21(22)24(30-25)18-4-6-19(7-5-18)27-26(35)28-20-8-9-20/h4-7,17,20H,8-16H2,1-3H3,(H2,27,28,35). The maximum atomic E-state index is 12.9. The molecular weight excluding hydrogens is 458 g/mol. The van der Waals surface area contributed by atoms with Crippen LogP contribution in [0.25, 0.3) is 11.3 Å². The Hall–Kier alpha value is -3.24. The summed E-state index contributed by atoms with van der Waals surface area (Å²) in [4.78, 5) is 41.0. The molecule has 2 fully saturated rings. The van der Waals surface area contributed by atoms with Gasteiger partial charge in [0.15, 0.2) is 0 Å². The number of aromatic nitrogens is 2. The van der Waals surface area contributed by atoms with Crippen LogP contribution in [0.2, 0.25) is 0 Å². The molecule has 2 aromatic rings. The van der Waals surface area contributed by atoms with Crippen molar-refractivity contribution in [2.75, 3.05) is 50.6 Å². The Morgan fingerprint density at radius 1 is 1.14 bits per heavy atom. The van der Waals surface area contributed by atoms with Crippen molar-refractivity contribution in [2.45, 2.75) is 51.4 Å². The van der Waals surface area contributed by atoms with Gasteiger partial charge in [-0.05, 0) is 46.0 Å². The molecular formula is C26H35N7O3. The minimum atomic E-state index is -0.177. The van der Waals surface area contributed by atoms with Crippen LogP contribution < -0.4 is 15.5 Å². The topological polar surface area (TPSA) is 103 Å². The van der Waals surface area contributed by atoms with Crippen LogP contribution in [0.15, 0.2) is 24.3 Å². The molecule has 1 unspecified atom stereocenters. The van der Waals surface area contributed by atoms with E-state index in [0.717, 1.165) is 47.6 Å². The average Bonchev–Trinajstić information content (AvgIpc) is 3.56. The Kier molecular flexibility index (Phi) is 7.06. The fourth-order valence-electron chi connectivity index (χ4n) is 4.58. The van der Waals surface area contributed by atoms with Gasteiger partial charge in [-0.2, -0.15) is 0 Å². The first kappa shape index (κ1) is 24.5. The lowest BCUT2D eigenvalue weighted by atomic mass is 10.1. The largest absolute Gasteiger partial charge is 0.377 e. The third-order valence-corrected chi connectivity index (χ3v) is 6.85. The fourth-order valence-corrected chi connectivity index (χ4v) is 4.58. The number of hydrogen-bond acceptors (Lipinski definition) is 7. The van der Waals surface area contributed by atoms with E-state index in [-0.39, 0.29) is 18.0 Å². The van der Waals surface area contributed by atoms with Crippen LogP contribution >= 0.6 is 0 Å². The molecule has 2 N–H and O–H groups in total. The highest BCUT2D eigenvalue weighted by Gasteiger charge is 2.31. The van der Waals surface area contributed by atoms with Gasteiger partial charge >= 0.3 is 6.03 Å². The minimum Gasteiger partial charge on any atom is -0.377 e. The van der Waals surface area contributed by atoms with Crippen molar-refractivity contribution >= 4 is 23.6 Å². The number of morpholine rings is 1. The molecule has 0 radical (unpaired) electrons. The number of anilines is 2. The number of benzene rings is 1. The SMILES string of the molecule is CC1COCCN1c1nc2c(c(-c3ccc(NC(=O)NC4CC4)cc3)n1)CN(C(=O)CCN(C)C)C2. The predicted octanol–water partition coefficient (Wildman–Crippen LogP) is 2.45. The minimum absolute atomic E-state index is 0.121. The van der Waals surface area contributed by atoms with Gasteiger partial charge in [-0.1, -0.05) is 12.1 Å². The number of nitrogens with one attached hydrogen (secondary N) is 2. The monoisotopic (exact) mass is 493 g/mol. The van der Waals surface area contributed by atoms with Gasteiger partial charge < -0.3 is 30.1 Å². The van der Waals surface area contributed by atoms with Crippen LogP contribution in [0.1, 0.15) is 37.4 Å². The summed E-state index contributed by atoms with van der Waals surface area (Å²) < 4.78 is 5.61. The van der Waals surface area contributed by atoms with Crippen LogP contribution in [0.5, 0.6) is 0 Å². The van der Waals surface area contributed by atoms with Gasteiger partial charge in [-0.25, -0.2) is 14.8 Å². The highest BCUT2D eigenvalue weighted by molar-refractivity contribution is 5.90. The van der Waals surface area contributed by atoms with Crippen LogP contribution in [0.4, 0.5) is 16.4 Å². The quantitative estimate of drug-likeness (QED) is 0.611. The molecule has 5 rings (SSSR count). The van der Waals surface area contributed by atoms with E-state index in [4.69, 9.17) is 14.7 Å². The smallest absolute Gasteiger partial charge is 0.319 e. The normalized spacial score (nSPS) is 19.4. The molecule has 1 aliphatic carbocycles. The summed E-state index contributed by atoms with van der Waals surface area (Å²) in [5.41, 5.74) is 4.39. The predicted molar refractivity (Wildman–Crippen MR) is 138 cm³/mol. The first-order valence-corrected chi connectivity index (χ1v) is 12.7. The molecule has 0 spiro atoms. The van der Waals surface area contributed by atoms with Crippen LogP contribution in [0, 0.1) is 0 Å². The first-order chi connectivity index (χ1) is 17.4. The Labute approximate surface area is 212 Å². The molecule has 2 aliphatic heterocycles. The van der Waals surface area contributed by atoms with E-state index in [1.54, 1.807) is 0 Å². The summed E-state index contributed by atoms with van der Waals surface area (Å²) in [5, 5.41) is 5.83. The third kappa shape index (κ3) is 5.60. The highest BCUT2D eigenvalue weighted by Crippen LogP contribution is 2.34. The Morgan fingerprint density at radius 2 is 1.92 bits per heavy atom. The molecule has 36 heavy (non-hydrogen) atoms. The Bertz CT molecular complexity index is 1120. The zero-order chi connectivity index (χ0) is 25.2. The van der Waals surface area contributed by atoms with E-state index in [9.17, 15) is 9.59 Å². The summed E-state index contributed by atoms with van der Waals surface area (Å²) in [7, 11) is 3.94. The van der Waals surface area contributed by atoms with Gasteiger partial charge in [0.25, 0.3) is 0 Å². The second-order valence-corrected chi connectivity index (χ2v) is 10.2. The summed E-state index contributed by atoms with van der Waals surface area (Å²) in [6.45, 7) is 5.81. The van der Waals surface area contributed by atoms with Crippen molar-refractivity contribution in [3.8, 4) is 11.3 Å². The number of hydrogen-bond donors (Lipinski definition) is 2. The van der Waals surface area contributed by atoms with Crippen molar-refractivity contribution in [1.29, 1.82) is 0 Å². The van der Waals surface area contributed by atoms with Crippen molar-refractivity contribution in [3.63, 3.8) is 0 Å². The maximum absolute atomic E-state index is 12.9. The van der Waals surface area contributed by atoms with Crippen LogP contribution in [-0.4, -0.2) is 84.2 Å². The fraction of sp³-hybridized carbons (Fsp3) is 0.538. The van der Waals surface area contributed by atoms with Gasteiger partial charge in [-0.15, -0.1) is 0 Å². The van der Waals surface area contributed by atoms with Crippen LogP contribution in [0.3, 0.4) is 0 Å². The zero-order valence-electron chi connectivity index (χ0n) is 21.3. The molecule has 3 amide bonds. The number of fused-ring (bicyclic) bond motifs is 1. The highest BCUT2D eigenvalue weighted by atomic mass is 16.5. The van der Waals surface area contributed by atoms with Crippen molar-refractivity contribution in [2.24, 2.45) is 0 Å². The lowest BCUT2D eigenvalue weighted by molar-refractivity contribution is -0.132. The number of rotatable bonds is 7. The molecule has 1 saturated carbocycles. The van der Waals surface area contributed by atoms with Crippen molar-refractivity contribution in [3.05, 3.63) is 35.5 Å². The molecule has 1 aromatic carbocycles. The summed E-state index contributed by atoms with van der Waals surface area (Å²) in [6, 6.07) is 8.02. The van der Waals surface area contributed by atoms with E-state index in [1.165, 1.54) is 0 Å². The molecule has 10 nitrogen and oxygen atoms in total. The lowest BCUT2D eigenvalue weighted by Gasteiger charge is -2.33. The number of urea groups is 1. The average molecular weight is 494 g/mol. The second-order valence-electron chi connectivity index (χ2n) is 10.2. The second kappa shape index (κ2) is 10.4. The lowest BCUT2D eigenvalue weighted by Crippen LogP contribution is -2.44. The Morgan fingerprint density at radius 3 is 2.61 bits per heavy atom. The van der Waals surface area contributed by atoms with E-state index < -0.39 is 0 Å². The van der Waals surface area contributed by atoms with Gasteiger partial charge in [0.05, 0.1) is 43.7 Å². The molecule has 3 aliphatic rings. The molecule has 192 valence electrons. The molecule has 3 heterocycles. The first-order valence-electron chi connectivity index (χ1n) is 12.7. The van der Waals surface area contributed by atoms with Crippen molar-refractivity contribution < 1.29 is 14.3 Å². The molecule has 1 saturated heterocycles. The van der Waals surface area contributed by atoms with E-state index in [2.05, 4.69) is 22.5 Å². The maximum Gasteiger partial charge on any atom is 0.319 e. The van der Waals surface area contributed by atoms with Gasteiger partial charge in [0.1, 0.15) is 0 Å². The Balaban J connectivity index is 1.41.